The van der Waals surface area contributed by atoms with Crippen LogP contribution in [0.1, 0.15) is 25.5 Å². The van der Waals surface area contributed by atoms with E-state index in [-0.39, 0.29) is 5.54 Å². The number of fused-ring (bicyclic) bond motifs is 3. The Bertz CT molecular complexity index is 554. The normalized spacial score (nSPS) is 16.2. The number of hydrogen-bond donors (Lipinski definition) is 1. The molecule has 2 aromatic rings. The molecule has 0 bridgehead atoms. The highest BCUT2D eigenvalue weighted by molar-refractivity contribution is 5.65. The van der Waals surface area contributed by atoms with Crippen LogP contribution in [0.2, 0.25) is 0 Å². The van der Waals surface area contributed by atoms with Crippen LogP contribution in [0, 0.1) is 6.92 Å². The van der Waals surface area contributed by atoms with Crippen molar-refractivity contribution < 1.29 is 0 Å². The maximum atomic E-state index is 4.26. The average molecular weight is 214 g/mol. The molecular weight excluding hydrogens is 200 g/mol. The van der Waals surface area contributed by atoms with Crippen LogP contribution in [-0.2, 0) is 5.54 Å². The van der Waals surface area contributed by atoms with E-state index in [1.165, 1.54) is 0 Å². The summed E-state index contributed by atoms with van der Waals surface area (Å²) >= 11 is 0. The zero-order chi connectivity index (χ0) is 11.3. The Morgan fingerprint density at radius 1 is 1.19 bits per heavy atom. The second-order valence-electron chi connectivity index (χ2n) is 4.67. The monoisotopic (exact) mass is 214 g/mol. The standard InChI is InChI=1S/C12H14N4/c1-8-14-15-11-12(2,3)13-9-6-4-5-7-10(9)16(8)11/h4-7,13H,1-3H3. The first-order valence-electron chi connectivity index (χ1n) is 5.40. The molecule has 4 heteroatoms. The molecule has 0 atom stereocenters. The molecule has 3 rings (SSSR count). The summed E-state index contributed by atoms with van der Waals surface area (Å²) < 4.78 is 2.12. The summed E-state index contributed by atoms with van der Waals surface area (Å²) in [7, 11) is 0. The minimum absolute atomic E-state index is 0.185. The zero-order valence-electron chi connectivity index (χ0n) is 9.65. The van der Waals surface area contributed by atoms with Crippen LogP contribution in [0.25, 0.3) is 5.69 Å². The van der Waals surface area contributed by atoms with Crippen LogP contribution < -0.4 is 5.32 Å². The highest BCUT2D eigenvalue weighted by atomic mass is 15.3. The third-order valence-electron chi connectivity index (χ3n) is 2.98. The maximum absolute atomic E-state index is 4.26. The van der Waals surface area contributed by atoms with Gasteiger partial charge in [-0.2, -0.15) is 0 Å². The van der Waals surface area contributed by atoms with Gasteiger partial charge >= 0.3 is 0 Å². The molecule has 0 fully saturated rings. The fourth-order valence-electron chi connectivity index (χ4n) is 2.22. The Balaban J connectivity index is 2.36. The molecule has 0 radical (unpaired) electrons. The summed E-state index contributed by atoms with van der Waals surface area (Å²) in [6.07, 6.45) is 0. The molecule has 1 aliphatic rings. The van der Waals surface area contributed by atoms with Gasteiger partial charge in [-0.3, -0.25) is 4.57 Å². The topological polar surface area (TPSA) is 42.7 Å². The van der Waals surface area contributed by atoms with Gasteiger partial charge in [-0.1, -0.05) is 12.1 Å². The number of anilines is 1. The molecule has 0 spiro atoms. The Labute approximate surface area is 94.3 Å². The van der Waals surface area contributed by atoms with Crippen molar-refractivity contribution in [2.45, 2.75) is 26.3 Å². The minimum atomic E-state index is -0.185. The van der Waals surface area contributed by atoms with E-state index >= 15 is 0 Å². The highest BCUT2D eigenvalue weighted by Gasteiger charge is 2.33. The van der Waals surface area contributed by atoms with Crippen LogP contribution in [0.15, 0.2) is 24.3 Å². The molecule has 1 aliphatic heterocycles. The number of rotatable bonds is 0. The summed E-state index contributed by atoms with van der Waals surface area (Å²) in [4.78, 5) is 0. The van der Waals surface area contributed by atoms with Crippen LogP contribution in [0.4, 0.5) is 5.69 Å². The first-order valence-corrected chi connectivity index (χ1v) is 5.40. The number of aromatic nitrogens is 3. The number of para-hydroxylation sites is 2. The number of nitrogens with one attached hydrogen (secondary N) is 1. The Kier molecular flexibility index (Phi) is 1.67. The van der Waals surface area contributed by atoms with Crippen LogP contribution >= 0.6 is 0 Å². The number of aryl methyl sites for hydroxylation is 1. The van der Waals surface area contributed by atoms with Crippen molar-refractivity contribution in [3.63, 3.8) is 0 Å². The van der Waals surface area contributed by atoms with Crippen molar-refractivity contribution in [1.82, 2.24) is 14.8 Å². The summed E-state index contributed by atoms with van der Waals surface area (Å²) in [5.74, 6) is 1.89. The van der Waals surface area contributed by atoms with E-state index in [4.69, 9.17) is 0 Å². The van der Waals surface area contributed by atoms with E-state index in [1.807, 2.05) is 19.1 Å². The molecule has 16 heavy (non-hydrogen) atoms. The fraction of sp³-hybridized carbons (Fsp3) is 0.333. The SMILES string of the molecule is Cc1nnc2n1-c1ccccc1NC2(C)C. The predicted octanol–water partition coefficient (Wildman–Crippen LogP) is 2.24. The van der Waals surface area contributed by atoms with Gasteiger partial charge in [0, 0.05) is 0 Å². The Morgan fingerprint density at radius 2 is 1.94 bits per heavy atom. The third-order valence-corrected chi connectivity index (χ3v) is 2.98. The predicted molar refractivity (Wildman–Crippen MR) is 62.7 cm³/mol. The largest absolute Gasteiger partial charge is 0.371 e. The molecule has 0 saturated carbocycles. The molecule has 0 aliphatic carbocycles. The summed E-state index contributed by atoms with van der Waals surface area (Å²) in [6, 6.07) is 8.23. The van der Waals surface area contributed by atoms with Crippen LogP contribution in [0.3, 0.4) is 0 Å². The van der Waals surface area contributed by atoms with E-state index in [1.54, 1.807) is 0 Å². The molecule has 1 N–H and O–H groups in total. The van der Waals surface area contributed by atoms with Crippen molar-refractivity contribution in [1.29, 1.82) is 0 Å². The lowest BCUT2D eigenvalue weighted by Crippen LogP contribution is -2.35. The second kappa shape index (κ2) is 2.84. The summed E-state index contributed by atoms with van der Waals surface area (Å²) in [5.41, 5.74) is 2.07. The van der Waals surface area contributed by atoms with Gasteiger partial charge in [0.25, 0.3) is 0 Å². The van der Waals surface area contributed by atoms with Gasteiger partial charge in [-0.15, -0.1) is 10.2 Å². The Hall–Kier alpha value is -1.84. The van der Waals surface area contributed by atoms with Gasteiger partial charge in [0.1, 0.15) is 5.82 Å². The lowest BCUT2D eigenvalue weighted by Gasteiger charge is -2.33. The van der Waals surface area contributed by atoms with E-state index in [2.05, 4.69) is 46.1 Å². The van der Waals surface area contributed by atoms with E-state index in [0.717, 1.165) is 23.0 Å². The molecule has 82 valence electrons. The molecule has 2 heterocycles. The highest BCUT2D eigenvalue weighted by Crippen LogP contribution is 2.35. The molecular formula is C12H14N4. The van der Waals surface area contributed by atoms with Crippen molar-refractivity contribution in [3.05, 3.63) is 35.9 Å². The summed E-state index contributed by atoms with van der Waals surface area (Å²) in [6.45, 7) is 6.21. The van der Waals surface area contributed by atoms with E-state index < -0.39 is 0 Å². The molecule has 0 amide bonds. The quantitative estimate of drug-likeness (QED) is 0.731. The zero-order valence-corrected chi connectivity index (χ0v) is 9.65. The number of hydrogen-bond acceptors (Lipinski definition) is 3. The molecule has 0 saturated heterocycles. The fourth-order valence-corrected chi connectivity index (χ4v) is 2.22. The average Bonchev–Trinajstić information content (AvgIpc) is 2.61. The van der Waals surface area contributed by atoms with Crippen molar-refractivity contribution in [3.8, 4) is 5.69 Å². The van der Waals surface area contributed by atoms with Gasteiger partial charge in [0.05, 0.1) is 16.9 Å². The maximum Gasteiger partial charge on any atom is 0.162 e. The van der Waals surface area contributed by atoms with Crippen LogP contribution in [0.5, 0.6) is 0 Å². The lowest BCUT2D eigenvalue weighted by atomic mass is 10.0. The van der Waals surface area contributed by atoms with Gasteiger partial charge in [-0.05, 0) is 32.9 Å². The van der Waals surface area contributed by atoms with E-state index in [0.29, 0.717) is 0 Å². The molecule has 4 nitrogen and oxygen atoms in total. The number of nitrogens with zero attached hydrogens (tertiary/aromatic N) is 3. The second-order valence-corrected chi connectivity index (χ2v) is 4.67. The minimum Gasteiger partial charge on any atom is -0.371 e. The molecule has 1 aromatic heterocycles. The first-order chi connectivity index (χ1) is 7.59. The summed E-state index contributed by atoms with van der Waals surface area (Å²) in [5, 5.41) is 11.9. The molecule has 0 unspecified atom stereocenters. The lowest BCUT2D eigenvalue weighted by molar-refractivity contribution is 0.535. The molecule has 1 aromatic carbocycles. The van der Waals surface area contributed by atoms with Gasteiger partial charge < -0.3 is 5.32 Å². The number of benzene rings is 1. The van der Waals surface area contributed by atoms with Gasteiger partial charge in [0.15, 0.2) is 5.82 Å². The van der Waals surface area contributed by atoms with Gasteiger partial charge in [-0.25, -0.2) is 0 Å². The third kappa shape index (κ3) is 1.10. The Morgan fingerprint density at radius 3 is 2.75 bits per heavy atom. The van der Waals surface area contributed by atoms with Crippen molar-refractivity contribution >= 4 is 5.69 Å². The smallest absolute Gasteiger partial charge is 0.162 e. The first kappa shape index (κ1) is 9.39. The van der Waals surface area contributed by atoms with Crippen molar-refractivity contribution in [2.75, 3.05) is 5.32 Å². The van der Waals surface area contributed by atoms with Crippen molar-refractivity contribution in [2.24, 2.45) is 0 Å². The van der Waals surface area contributed by atoms with Crippen LogP contribution in [-0.4, -0.2) is 14.8 Å². The van der Waals surface area contributed by atoms with E-state index in [9.17, 15) is 0 Å². The van der Waals surface area contributed by atoms with Gasteiger partial charge in [0.2, 0.25) is 0 Å².